The molecular formula is C15H29N3O5S. The normalized spacial score (nSPS) is 15.7. The molecule has 0 aliphatic heterocycles. The highest BCUT2D eigenvalue weighted by molar-refractivity contribution is 7.88. The van der Waals surface area contributed by atoms with E-state index in [4.69, 9.17) is 0 Å². The number of hydrogen-bond donors (Lipinski definition) is 3. The highest BCUT2D eigenvalue weighted by Crippen LogP contribution is 2.05. The van der Waals surface area contributed by atoms with Crippen molar-refractivity contribution in [3.63, 3.8) is 0 Å². The number of amides is 2. The Balaban J connectivity index is 4.81. The van der Waals surface area contributed by atoms with Crippen molar-refractivity contribution in [2.24, 2.45) is 11.8 Å². The van der Waals surface area contributed by atoms with Crippen molar-refractivity contribution in [2.75, 3.05) is 6.26 Å². The van der Waals surface area contributed by atoms with Gasteiger partial charge in [0.05, 0.1) is 12.3 Å². The lowest BCUT2D eigenvalue weighted by Gasteiger charge is -2.24. The second-order valence-electron chi connectivity index (χ2n) is 6.72. The van der Waals surface area contributed by atoms with Crippen LogP contribution in [-0.4, -0.2) is 50.9 Å². The fourth-order valence-electron chi connectivity index (χ4n) is 2.06. The average Bonchev–Trinajstić information content (AvgIpc) is 2.41. The molecule has 140 valence electrons. The summed E-state index contributed by atoms with van der Waals surface area (Å²) in [5.74, 6) is -1.15. The summed E-state index contributed by atoms with van der Waals surface area (Å²) in [7, 11) is -3.56. The van der Waals surface area contributed by atoms with Crippen LogP contribution in [0.5, 0.6) is 0 Å². The molecule has 0 aliphatic carbocycles. The highest BCUT2D eigenvalue weighted by Gasteiger charge is 2.28. The molecule has 0 unspecified atom stereocenters. The number of nitrogens with one attached hydrogen (secondary N) is 3. The van der Waals surface area contributed by atoms with Gasteiger partial charge in [0.25, 0.3) is 0 Å². The molecule has 0 radical (unpaired) electrons. The van der Waals surface area contributed by atoms with Crippen LogP contribution in [-0.2, 0) is 24.4 Å². The van der Waals surface area contributed by atoms with Gasteiger partial charge >= 0.3 is 0 Å². The standard InChI is InChI=1S/C15H29N3O5S/c1-9(2)7-12(8-19)17-14(20)11(5)16-15(21)13(10(3)4)18-24(6,22)23/h8-13,18H,7H2,1-6H3,(H,16,21)(H,17,20)/t11-,12-,13-/m0/s1. The number of rotatable bonds is 10. The van der Waals surface area contributed by atoms with E-state index < -0.39 is 40.0 Å². The lowest BCUT2D eigenvalue weighted by molar-refractivity contribution is -0.130. The van der Waals surface area contributed by atoms with E-state index in [9.17, 15) is 22.8 Å². The topological polar surface area (TPSA) is 121 Å². The van der Waals surface area contributed by atoms with Gasteiger partial charge in [-0.1, -0.05) is 27.7 Å². The first-order valence-corrected chi connectivity index (χ1v) is 9.79. The summed E-state index contributed by atoms with van der Waals surface area (Å²) in [6.45, 7) is 8.72. The van der Waals surface area contributed by atoms with Crippen LogP contribution in [0.1, 0.15) is 41.0 Å². The molecular weight excluding hydrogens is 334 g/mol. The largest absolute Gasteiger partial charge is 0.345 e. The van der Waals surface area contributed by atoms with Crippen LogP contribution in [0.3, 0.4) is 0 Å². The predicted octanol–water partition coefficient (Wildman–Crippen LogP) is -0.205. The van der Waals surface area contributed by atoms with Crippen LogP contribution < -0.4 is 15.4 Å². The van der Waals surface area contributed by atoms with Gasteiger partial charge in [-0.3, -0.25) is 9.59 Å². The minimum absolute atomic E-state index is 0.231. The molecule has 0 bridgehead atoms. The van der Waals surface area contributed by atoms with Gasteiger partial charge in [0.15, 0.2) is 0 Å². The summed E-state index contributed by atoms with van der Waals surface area (Å²) in [6.07, 6.45) is 2.13. The average molecular weight is 363 g/mol. The summed E-state index contributed by atoms with van der Waals surface area (Å²) in [5.41, 5.74) is 0. The molecule has 3 N–H and O–H groups in total. The molecule has 0 aromatic rings. The van der Waals surface area contributed by atoms with Crippen LogP contribution >= 0.6 is 0 Å². The first kappa shape index (κ1) is 22.5. The Morgan fingerprint density at radius 3 is 1.92 bits per heavy atom. The van der Waals surface area contributed by atoms with Crippen molar-refractivity contribution in [2.45, 2.75) is 59.2 Å². The Morgan fingerprint density at radius 2 is 1.54 bits per heavy atom. The molecule has 0 aromatic heterocycles. The van der Waals surface area contributed by atoms with Crippen LogP contribution in [0.25, 0.3) is 0 Å². The van der Waals surface area contributed by atoms with Crippen LogP contribution in [0.2, 0.25) is 0 Å². The Labute approximate surface area is 144 Å². The van der Waals surface area contributed by atoms with Crippen molar-refractivity contribution in [1.82, 2.24) is 15.4 Å². The van der Waals surface area contributed by atoms with E-state index in [-0.39, 0.29) is 11.8 Å². The molecule has 9 heteroatoms. The monoisotopic (exact) mass is 363 g/mol. The minimum Gasteiger partial charge on any atom is -0.345 e. The van der Waals surface area contributed by atoms with Crippen LogP contribution in [0.15, 0.2) is 0 Å². The van der Waals surface area contributed by atoms with Gasteiger partial charge in [-0.05, 0) is 25.2 Å². The third-order valence-electron chi connectivity index (χ3n) is 3.26. The number of hydrogen-bond acceptors (Lipinski definition) is 5. The maximum absolute atomic E-state index is 12.2. The molecule has 0 aliphatic rings. The maximum atomic E-state index is 12.2. The van der Waals surface area contributed by atoms with Crippen molar-refractivity contribution in [1.29, 1.82) is 0 Å². The summed E-state index contributed by atoms with van der Waals surface area (Å²) < 4.78 is 24.9. The van der Waals surface area contributed by atoms with E-state index in [2.05, 4.69) is 15.4 Å². The number of sulfonamides is 1. The SMILES string of the molecule is CC(C)C[C@@H](C=O)NC(=O)[C@H](C)NC(=O)[C@@H](NS(C)(=O)=O)C(C)C. The number of carbonyl (C=O) groups excluding carboxylic acids is 3. The Morgan fingerprint density at radius 1 is 1.00 bits per heavy atom. The van der Waals surface area contributed by atoms with E-state index in [0.29, 0.717) is 12.7 Å². The minimum atomic E-state index is -3.56. The third-order valence-corrected chi connectivity index (χ3v) is 3.94. The van der Waals surface area contributed by atoms with Crippen LogP contribution in [0, 0.1) is 11.8 Å². The summed E-state index contributed by atoms with van der Waals surface area (Å²) >= 11 is 0. The molecule has 0 saturated carbocycles. The van der Waals surface area contributed by atoms with Gasteiger partial charge in [-0.15, -0.1) is 0 Å². The van der Waals surface area contributed by atoms with E-state index in [1.165, 1.54) is 6.92 Å². The Bertz CT molecular complexity index is 545. The summed E-state index contributed by atoms with van der Waals surface area (Å²) in [4.78, 5) is 35.3. The quantitative estimate of drug-likeness (QED) is 0.464. The van der Waals surface area contributed by atoms with E-state index in [0.717, 1.165) is 6.26 Å². The van der Waals surface area contributed by atoms with Gasteiger partial charge in [-0.25, -0.2) is 13.1 Å². The molecule has 0 saturated heterocycles. The second-order valence-corrected chi connectivity index (χ2v) is 8.50. The zero-order chi connectivity index (χ0) is 19.1. The Kier molecular flexibility index (Phi) is 9.13. The molecule has 0 aromatic carbocycles. The zero-order valence-corrected chi connectivity index (χ0v) is 15.9. The zero-order valence-electron chi connectivity index (χ0n) is 15.1. The van der Waals surface area contributed by atoms with Gasteiger partial charge in [0.1, 0.15) is 18.4 Å². The molecule has 0 heterocycles. The summed E-state index contributed by atoms with van der Waals surface area (Å²) in [6, 6.07) is -2.49. The fraction of sp³-hybridized carbons (Fsp3) is 0.800. The molecule has 24 heavy (non-hydrogen) atoms. The van der Waals surface area contributed by atoms with Gasteiger partial charge in [0.2, 0.25) is 21.8 Å². The van der Waals surface area contributed by atoms with Crippen molar-refractivity contribution < 1.29 is 22.8 Å². The predicted molar refractivity (Wildman–Crippen MR) is 91.7 cm³/mol. The number of carbonyl (C=O) groups is 3. The molecule has 2 amide bonds. The first-order valence-electron chi connectivity index (χ1n) is 7.90. The van der Waals surface area contributed by atoms with Crippen molar-refractivity contribution >= 4 is 28.1 Å². The van der Waals surface area contributed by atoms with Gasteiger partial charge in [0, 0.05) is 0 Å². The third kappa shape index (κ3) is 8.97. The highest BCUT2D eigenvalue weighted by atomic mass is 32.2. The van der Waals surface area contributed by atoms with Gasteiger partial charge in [-0.2, -0.15) is 0 Å². The lowest BCUT2D eigenvalue weighted by Crippen LogP contribution is -2.55. The summed E-state index contributed by atoms with van der Waals surface area (Å²) in [5, 5.41) is 5.03. The molecule has 3 atom stereocenters. The van der Waals surface area contributed by atoms with Crippen molar-refractivity contribution in [3.05, 3.63) is 0 Å². The van der Waals surface area contributed by atoms with Crippen LogP contribution in [0.4, 0.5) is 0 Å². The second kappa shape index (κ2) is 9.73. The van der Waals surface area contributed by atoms with Crippen molar-refractivity contribution in [3.8, 4) is 0 Å². The molecule has 8 nitrogen and oxygen atoms in total. The molecule has 0 rings (SSSR count). The molecule has 0 fully saturated rings. The van der Waals surface area contributed by atoms with E-state index in [1.807, 2.05) is 13.8 Å². The Hall–Kier alpha value is -1.48. The smallest absolute Gasteiger partial charge is 0.242 e. The molecule has 0 spiro atoms. The lowest BCUT2D eigenvalue weighted by atomic mass is 10.0. The fourth-order valence-corrected chi connectivity index (χ4v) is 2.90. The maximum Gasteiger partial charge on any atom is 0.242 e. The van der Waals surface area contributed by atoms with E-state index in [1.54, 1.807) is 13.8 Å². The van der Waals surface area contributed by atoms with Gasteiger partial charge < -0.3 is 15.4 Å². The number of aldehydes is 1. The van der Waals surface area contributed by atoms with E-state index >= 15 is 0 Å². The first-order chi connectivity index (χ1) is 10.9.